The van der Waals surface area contributed by atoms with E-state index in [-0.39, 0.29) is 0 Å². The summed E-state index contributed by atoms with van der Waals surface area (Å²) < 4.78 is 0. The molecular formula is C11H23NO. The maximum absolute atomic E-state index is 7.00. The van der Waals surface area contributed by atoms with Crippen LogP contribution in [0, 0.1) is 0 Å². The zero-order valence-electron chi connectivity index (χ0n) is 9.76. The van der Waals surface area contributed by atoms with Crippen LogP contribution in [0.1, 0.15) is 27.7 Å². The Morgan fingerprint density at radius 2 is 1.62 bits per heavy atom. The molecule has 0 aliphatic heterocycles. The highest BCUT2D eigenvalue weighted by Gasteiger charge is 1.79. The topological polar surface area (TPSA) is 32.6 Å². The van der Waals surface area contributed by atoms with Gasteiger partial charge >= 0.3 is 0 Å². The van der Waals surface area contributed by atoms with Crippen molar-refractivity contribution in [2.75, 3.05) is 14.2 Å². The first kappa shape index (κ1) is 18.0. The minimum absolute atomic E-state index is 1.00. The molecule has 0 heterocycles. The molecule has 13 heavy (non-hydrogen) atoms. The molecule has 0 spiro atoms. The molecule has 78 valence electrons. The second-order valence-electron chi connectivity index (χ2n) is 2.12. The summed E-state index contributed by atoms with van der Waals surface area (Å²) in [6.07, 6.45) is 3.81. The van der Waals surface area contributed by atoms with Crippen LogP contribution < -0.4 is 0 Å². The highest BCUT2D eigenvalue weighted by Crippen LogP contribution is 1.94. The summed E-state index contributed by atoms with van der Waals surface area (Å²) >= 11 is 0. The van der Waals surface area contributed by atoms with Gasteiger partial charge < -0.3 is 5.11 Å². The van der Waals surface area contributed by atoms with Crippen molar-refractivity contribution in [2.24, 2.45) is 4.99 Å². The predicted molar refractivity (Wildman–Crippen MR) is 62.5 cm³/mol. The Morgan fingerprint density at radius 1 is 1.23 bits per heavy atom. The van der Waals surface area contributed by atoms with Crippen LogP contribution in [-0.4, -0.2) is 25.5 Å². The van der Waals surface area contributed by atoms with Gasteiger partial charge in [-0.15, -0.1) is 0 Å². The zero-order chi connectivity index (χ0) is 11.3. The molecule has 0 unspecified atom stereocenters. The Labute approximate surface area is 82.7 Å². The van der Waals surface area contributed by atoms with Gasteiger partial charge in [0.25, 0.3) is 0 Å². The summed E-state index contributed by atoms with van der Waals surface area (Å²) in [6.45, 7) is 11.7. The molecule has 2 heteroatoms. The van der Waals surface area contributed by atoms with Crippen LogP contribution in [-0.2, 0) is 0 Å². The third-order valence-electron chi connectivity index (χ3n) is 0.807. The van der Waals surface area contributed by atoms with E-state index in [0.29, 0.717) is 0 Å². The lowest BCUT2D eigenvalue weighted by Gasteiger charge is -1.88. The Hall–Kier alpha value is -0.890. The number of aliphatic hydroxyl groups is 1. The van der Waals surface area contributed by atoms with Crippen LogP contribution in [0.2, 0.25) is 0 Å². The van der Waals surface area contributed by atoms with Crippen molar-refractivity contribution in [3.05, 3.63) is 23.8 Å². The maximum Gasteiger partial charge on any atom is 0.0319 e. The first-order valence-electron chi connectivity index (χ1n) is 4.37. The highest BCUT2D eigenvalue weighted by molar-refractivity contribution is 5.78. The maximum atomic E-state index is 7.00. The lowest BCUT2D eigenvalue weighted by Crippen LogP contribution is -1.76. The van der Waals surface area contributed by atoms with Crippen molar-refractivity contribution >= 4 is 6.21 Å². The van der Waals surface area contributed by atoms with Gasteiger partial charge in [-0.25, -0.2) is 0 Å². The number of hydrogen-bond donors (Lipinski definition) is 1. The van der Waals surface area contributed by atoms with Gasteiger partial charge in [0.15, 0.2) is 0 Å². The predicted octanol–water partition coefficient (Wildman–Crippen LogP) is 2.84. The Kier molecular flexibility index (Phi) is 23.9. The molecule has 0 aromatic rings. The number of allylic oxidation sites excluding steroid dienone is 3. The molecule has 0 fully saturated rings. The van der Waals surface area contributed by atoms with Crippen LogP contribution in [0.4, 0.5) is 0 Å². The first-order chi connectivity index (χ1) is 6.16. The van der Waals surface area contributed by atoms with Gasteiger partial charge in [-0.3, -0.25) is 4.99 Å². The number of aliphatic hydroxyl groups excluding tert-OH is 1. The van der Waals surface area contributed by atoms with Crippen molar-refractivity contribution in [3.8, 4) is 0 Å². The van der Waals surface area contributed by atoms with Crippen LogP contribution >= 0.6 is 0 Å². The van der Waals surface area contributed by atoms with Crippen molar-refractivity contribution in [3.63, 3.8) is 0 Å². The molecule has 2 nitrogen and oxygen atoms in total. The van der Waals surface area contributed by atoms with Gasteiger partial charge in [-0.1, -0.05) is 32.1 Å². The molecule has 1 N–H and O–H groups in total. The minimum atomic E-state index is 1.00. The number of nitrogens with zero attached hydrogens (tertiary/aromatic N) is 1. The van der Waals surface area contributed by atoms with Crippen molar-refractivity contribution < 1.29 is 5.11 Å². The number of aliphatic imine (C=N–C) groups is 1. The van der Waals surface area contributed by atoms with E-state index in [1.807, 2.05) is 40.0 Å². The summed E-state index contributed by atoms with van der Waals surface area (Å²) in [5, 5.41) is 7.00. The summed E-state index contributed by atoms with van der Waals surface area (Å²) in [5.41, 5.74) is 2.21. The van der Waals surface area contributed by atoms with Crippen LogP contribution in [0.3, 0.4) is 0 Å². The van der Waals surface area contributed by atoms with Crippen molar-refractivity contribution in [2.45, 2.75) is 27.7 Å². The molecule has 0 saturated carbocycles. The third kappa shape index (κ3) is 24.7. The fraction of sp³-hybridized carbons (Fsp3) is 0.545. The normalized spacial score (nSPS) is 9.62. The van der Waals surface area contributed by atoms with Crippen LogP contribution in [0.15, 0.2) is 28.8 Å². The van der Waals surface area contributed by atoms with Crippen LogP contribution in [0.5, 0.6) is 0 Å². The van der Waals surface area contributed by atoms with E-state index < -0.39 is 0 Å². The molecule has 0 aliphatic carbocycles. The number of hydrogen-bond acceptors (Lipinski definition) is 2. The van der Waals surface area contributed by atoms with Gasteiger partial charge in [0.05, 0.1) is 0 Å². The average Bonchev–Trinajstić information content (AvgIpc) is 2.10. The Bertz CT molecular complexity index is 157. The molecular weight excluding hydrogens is 162 g/mol. The van der Waals surface area contributed by atoms with Crippen LogP contribution in [0.25, 0.3) is 0 Å². The molecule has 0 amide bonds. The first-order valence-corrected chi connectivity index (χ1v) is 4.37. The van der Waals surface area contributed by atoms with Crippen molar-refractivity contribution in [1.29, 1.82) is 0 Å². The van der Waals surface area contributed by atoms with Gasteiger partial charge in [0.1, 0.15) is 0 Å². The molecule has 0 radical (unpaired) electrons. The summed E-state index contributed by atoms with van der Waals surface area (Å²) in [7, 11) is 2.76. The smallest absolute Gasteiger partial charge is 0.0319 e. The second kappa shape index (κ2) is 17.3. The van der Waals surface area contributed by atoms with Crippen molar-refractivity contribution in [1.82, 2.24) is 0 Å². The molecule has 0 bridgehead atoms. The fourth-order valence-electron chi connectivity index (χ4n) is 0.630. The molecule has 0 aromatic carbocycles. The molecule has 0 saturated heterocycles. The van der Waals surface area contributed by atoms with E-state index in [9.17, 15) is 0 Å². The molecule has 0 aliphatic rings. The van der Waals surface area contributed by atoms with Gasteiger partial charge in [0, 0.05) is 20.4 Å². The standard InChI is InChI=1S/C8H13N.C2H6.CH4O/c1-7(2)5-8(3)6-9-4;2*1-2/h5-6H,1H2,2-4H3;1-2H3;2H,1H3/b8-5-,9-6?;;. The lowest BCUT2D eigenvalue weighted by atomic mass is 10.2. The molecule has 0 rings (SSSR count). The average molecular weight is 185 g/mol. The second-order valence-corrected chi connectivity index (χ2v) is 2.12. The van der Waals surface area contributed by atoms with E-state index in [0.717, 1.165) is 18.3 Å². The van der Waals surface area contributed by atoms with E-state index in [1.165, 1.54) is 0 Å². The zero-order valence-corrected chi connectivity index (χ0v) is 9.76. The van der Waals surface area contributed by atoms with Gasteiger partial charge in [0.2, 0.25) is 0 Å². The number of rotatable bonds is 2. The molecule has 0 aromatic heterocycles. The monoisotopic (exact) mass is 185 g/mol. The largest absolute Gasteiger partial charge is 0.400 e. The van der Waals surface area contributed by atoms with Gasteiger partial charge in [-0.2, -0.15) is 0 Å². The Balaban J connectivity index is -0.000000218. The SMILES string of the molecule is C=C(C)/C=C(/C)C=NC.CC.CO. The van der Waals surface area contributed by atoms with Gasteiger partial charge in [-0.05, 0) is 19.4 Å². The van der Waals surface area contributed by atoms with E-state index in [4.69, 9.17) is 5.11 Å². The summed E-state index contributed by atoms with van der Waals surface area (Å²) in [4.78, 5) is 3.85. The fourth-order valence-corrected chi connectivity index (χ4v) is 0.630. The lowest BCUT2D eigenvalue weighted by molar-refractivity contribution is 0.399. The minimum Gasteiger partial charge on any atom is -0.400 e. The van der Waals surface area contributed by atoms with E-state index in [1.54, 1.807) is 7.05 Å². The van der Waals surface area contributed by atoms with E-state index >= 15 is 0 Å². The quantitative estimate of drug-likeness (QED) is 0.520. The third-order valence-corrected chi connectivity index (χ3v) is 0.807. The highest BCUT2D eigenvalue weighted by atomic mass is 16.2. The summed E-state index contributed by atoms with van der Waals surface area (Å²) in [6, 6.07) is 0. The molecule has 0 atom stereocenters. The Morgan fingerprint density at radius 3 is 1.85 bits per heavy atom. The summed E-state index contributed by atoms with van der Waals surface area (Å²) in [5.74, 6) is 0. The van der Waals surface area contributed by atoms with E-state index in [2.05, 4.69) is 11.6 Å².